The van der Waals surface area contributed by atoms with Crippen molar-refractivity contribution in [3.63, 3.8) is 0 Å². The monoisotopic (exact) mass is 130 g/mol. The molecule has 1 aliphatic heterocycles. The minimum Gasteiger partial charge on any atom is -0.400 e. The van der Waals surface area contributed by atoms with E-state index in [2.05, 4.69) is 5.53 Å². The topological polar surface area (TPSA) is 96.6 Å². The maximum atomic E-state index is 5.39. The van der Waals surface area contributed by atoms with Crippen molar-refractivity contribution in [3.8, 4) is 0 Å². The zero-order chi connectivity index (χ0) is 6.85. The number of hydrogen-bond acceptors (Lipinski definition) is 6. The van der Waals surface area contributed by atoms with Gasteiger partial charge in [-0.2, -0.15) is 5.12 Å². The molecule has 0 bridgehead atoms. The first-order valence-electron chi connectivity index (χ1n) is 2.47. The Kier molecular flexibility index (Phi) is 1.54. The van der Waals surface area contributed by atoms with Crippen LogP contribution in [-0.2, 0) is 0 Å². The summed E-state index contributed by atoms with van der Waals surface area (Å²) in [5, 5.41) is 2.48. The highest BCUT2D eigenvalue weighted by Crippen LogP contribution is 1.91. The van der Waals surface area contributed by atoms with E-state index in [9.17, 15) is 0 Å². The zero-order valence-corrected chi connectivity index (χ0v) is 4.91. The van der Waals surface area contributed by atoms with Gasteiger partial charge in [-0.3, -0.25) is 5.84 Å². The minimum absolute atomic E-state index is 0.480. The Morgan fingerprint density at radius 2 is 2.22 bits per heavy atom. The molecule has 6 heteroatoms. The number of hydrogen-bond donors (Lipinski definition) is 4. The number of hydrazine groups is 4. The molecule has 52 valence electrons. The largest absolute Gasteiger partial charge is 0.400 e. The maximum absolute atomic E-state index is 5.39. The smallest absolute Gasteiger partial charge is 0.0715 e. The third-order valence-corrected chi connectivity index (χ3v) is 0.902. The number of nitrogens with zero attached hydrogens (tertiary/aromatic N) is 2. The van der Waals surface area contributed by atoms with Crippen LogP contribution in [0.25, 0.3) is 0 Å². The quantitative estimate of drug-likeness (QED) is 0.272. The second-order valence-corrected chi connectivity index (χ2v) is 1.84. The molecule has 1 heterocycles. The molecule has 0 saturated carbocycles. The van der Waals surface area contributed by atoms with Crippen molar-refractivity contribution in [2.45, 2.75) is 0 Å². The highest BCUT2D eigenvalue weighted by Gasteiger charge is 2.07. The molecule has 0 saturated heterocycles. The van der Waals surface area contributed by atoms with Crippen molar-refractivity contribution in [3.05, 3.63) is 11.9 Å². The molecule has 0 aromatic carbocycles. The van der Waals surface area contributed by atoms with Crippen molar-refractivity contribution in [2.75, 3.05) is 6.54 Å². The van der Waals surface area contributed by atoms with E-state index in [4.69, 9.17) is 17.4 Å². The molecule has 0 radical (unpaired) electrons. The van der Waals surface area contributed by atoms with Crippen LogP contribution < -0.4 is 23.0 Å². The first-order chi connectivity index (χ1) is 4.18. The lowest BCUT2D eigenvalue weighted by molar-refractivity contribution is 0.0489. The van der Waals surface area contributed by atoms with Crippen molar-refractivity contribution < 1.29 is 0 Å². The SMILES string of the molecule is NC1=CN(N)NN(N)C1. The van der Waals surface area contributed by atoms with Gasteiger partial charge in [0.25, 0.3) is 0 Å². The van der Waals surface area contributed by atoms with Crippen LogP contribution in [0.3, 0.4) is 0 Å². The van der Waals surface area contributed by atoms with Crippen LogP contribution in [-0.4, -0.2) is 16.8 Å². The molecule has 0 aliphatic carbocycles. The average molecular weight is 130 g/mol. The molecule has 0 unspecified atom stereocenters. The van der Waals surface area contributed by atoms with Crippen molar-refractivity contribution >= 4 is 0 Å². The number of nitrogens with two attached hydrogens (primary N) is 3. The molecule has 0 fully saturated rings. The summed E-state index contributed by atoms with van der Waals surface area (Å²) in [6, 6.07) is 0. The van der Waals surface area contributed by atoms with Crippen molar-refractivity contribution in [1.29, 1.82) is 0 Å². The second kappa shape index (κ2) is 2.19. The Labute approximate surface area is 52.7 Å². The minimum atomic E-state index is 0.480. The molecule has 0 amide bonds. The summed E-state index contributed by atoms with van der Waals surface area (Å²) in [7, 11) is 0. The molecule has 1 aliphatic rings. The van der Waals surface area contributed by atoms with Gasteiger partial charge in [0.15, 0.2) is 0 Å². The highest BCUT2D eigenvalue weighted by molar-refractivity contribution is 4.98. The van der Waals surface area contributed by atoms with E-state index in [0.29, 0.717) is 12.2 Å². The van der Waals surface area contributed by atoms with Crippen LogP contribution in [0.4, 0.5) is 0 Å². The van der Waals surface area contributed by atoms with Gasteiger partial charge < -0.3 is 5.73 Å². The van der Waals surface area contributed by atoms with Gasteiger partial charge in [-0.1, -0.05) is 0 Å². The van der Waals surface area contributed by atoms with Crippen LogP contribution >= 0.6 is 0 Å². The van der Waals surface area contributed by atoms with Gasteiger partial charge in [0.2, 0.25) is 0 Å². The predicted octanol–water partition coefficient (Wildman–Crippen LogP) is -2.43. The van der Waals surface area contributed by atoms with Crippen LogP contribution in [0.1, 0.15) is 0 Å². The molecular formula is C3H10N6. The van der Waals surface area contributed by atoms with E-state index in [1.54, 1.807) is 6.20 Å². The molecular weight excluding hydrogens is 120 g/mol. The Balaban J connectivity index is 2.56. The molecule has 6 nitrogen and oxygen atoms in total. The Bertz CT molecular complexity index is 130. The Hall–Kier alpha value is -0.820. The maximum Gasteiger partial charge on any atom is 0.0715 e. The second-order valence-electron chi connectivity index (χ2n) is 1.84. The fourth-order valence-electron chi connectivity index (χ4n) is 0.629. The third-order valence-electron chi connectivity index (χ3n) is 0.902. The Morgan fingerprint density at radius 3 is 2.67 bits per heavy atom. The normalized spacial score (nSPS) is 22.0. The van der Waals surface area contributed by atoms with E-state index in [-0.39, 0.29) is 0 Å². The average Bonchev–Trinajstić information content (AvgIpc) is 1.59. The predicted molar refractivity (Wildman–Crippen MR) is 32.3 cm³/mol. The first-order valence-corrected chi connectivity index (χ1v) is 2.47. The molecule has 7 N–H and O–H groups in total. The summed E-state index contributed by atoms with van der Waals surface area (Å²) in [5.74, 6) is 10.6. The van der Waals surface area contributed by atoms with Gasteiger partial charge in [-0.15, -0.1) is 5.53 Å². The summed E-state index contributed by atoms with van der Waals surface area (Å²) in [4.78, 5) is 0. The van der Waals surface area contributed by atoms with Crippen LogP contribution in [0.15, 0.2) is 11.9 Å². The van der Waals surface area contributed by atoms with Crippen molar-refractivity contribution in [1.82, 2.24) is 15.8 Å². The molecule has 0 aromatic heterocycles. The van der Waals surface area contributed by atoms with Gasteiger partial charge in [0, 0.05) is 5.70 Å². The fourth-order valence-corrected chi connectivity index (χ4v) is 0.629. The van der Waals surface area contributed by atoms with Gasteiger partial charge in [-0.25, -0.2) is 11.0 Å². The van der Waals surface area contributed by atoms with Gasteiger partial charge in [0.1, 0.15) is 0 Å². The van der Waals surface area contributed by atoms with E-state index >= 15 is 0 Å². The van der Waals surface area contributed by atoms with Gasteiger partial charge in [-0.05, 0) is 0 Å². The summed E-state index contributed by atoms with van der Waals surface area (Å²) in [6.07, 6.45) is 1.56. The standard InChI is InChI=1S/C3H10N6/c4-3-1-8(5)7-9(6)2-3/h1,7H,2,4-6H2. The van der Waals surface area contributed by atoms with Crippen LogP contribution in [0, 0.1) is 0 Å². The van der Waals surface area contributed by atoms with Crippen molar-refractivity contribution in [2.24, 2.45) is 17.4 Å². The lowest BCUT2D eigenvalue weighted by atomic mass is 10.5. The van der Waals surface area contributed by atoms with Gasteiger partial charge >= 0.3 is 0 Å². The van der Waals surface area contributed by atoms with Crippen LogP contribution in [0.5, 0.6) is 0 Å². The van der Waals surface area contributed by atoms with Crippen LogP contribution in [0.2, 0.25) is 0 Å². The summed E-state index contributed by atoms with van der Waals surface area (Å²) in [6.45, 7) is 0.480. The summed E-state index contributed by atoms with van der Waals surface area (Å²) in [5.41, 5.74) is 8.59. The lowest BCUT2D eigenvalue weighted by Gasteiger charge is -2.28. The Morgan fingerprint density at radius 1 is 1.56 bits per heavy atom. The van der Waals surface area contributed by atoms with Gasteiger partial charge in [0.05, 0.1) is 12.7 Å². The number of rotatable bonds is 0. The zero-order valence-electron chi connectivity index (χ0n) is 4.91. The first kappa shape index (κ1) is 6.30. The molecule has 0 aromatic rings. The molecule has 1 rings (SSSR count). The highest BCUT2D eigenvalue weighted by atomic mass is 15.9. The third kappa shape index (κ3) is 1.54. The molecule has 0 atom stereocenters. The molecule has 9 heavy (non-hydrogen) atoms. The fraction of sp³-hybridized carbons (Fsp3) is 0.333. The number of nitrogens with one attached hydrogen (secondary N) is 1. The summed E-state index contributed by atoms with van der Waals surface area (Å²) < 4.78 is 0. The summed E-state index contributed by atoms with van der Waals surface area (Å²) >= 11 is 0. The molecule has 0 spiro atoms. The van der Waals surface area contributed by atoms with E-state index < -0.39 is 0 Å². The van der Waals surface area contributed by atoms with E-state index in [0.717, 1.165) is 0 Å². The van der Waals surface area contributed by atoms with E-state index in [1.807, 2.05) is 0 Å². The van der Waals surface area contributed by atoms with E-state index in [1.165, 1.54) is 10.2 Å². The lowest BCUT2D eigenvalue weighted by Crippen LogP contribution is -2.58.